The normalized spacial score (nSPS) is 14.9. The third-order valence-electron chi connectivity index (χ3n) is 5.95. The van der Waals surface area contributed by atoms with Gasteiger partial charge in [0, 0.05) is 45.1 Å². The summed E-state index contributed by atoms with van der Waals surface area (Å²) >= 11 is 0. The zero-order chi connectivity index (χ0) is 24.3. The highest BCUT2D eigenvalue weighted by atomic mass is 19.4. The van der Waals surface area contributed by atoms with Crippen molar-refractivity contribution in [2.45, 2.75) is 26.6 Å². The number of piperazine rings is 1. The molecule has 1 N–H and O–H groups in total. The Labute approximate surface area is 195 Å². The van der Waals surface area contributed by atoms with Gasteiger partial charge in [0.1, 0.15) is 5.82 Å². The molecule has 1 aliphatic rings. The summed E-state index contributed by atoms with van der Waals surface area (Å²) in [5.74, 6) is 0.784. The van der Waals surface area contributed by atoms with Crippen LogP contribution in [-0.2, 0) is 12.7 Å². The van der Waals surface area contributed by atoms with Gasteiger partial charge in [0.15, 0.2) is 5.82 Å². The van der Waals surface area contributed by atoms with E-state index in [-0.39, 0.29) is 11.7 Å². The average molecular weight is 474 g/mol. The fourth-order valence-electron chi connectivity index (χ4n) is 3.82. The number of amides is 1. The van der Waals surface area contributed by atoms with E-state index in [1.807, 2.05) is 12.1 Å². The fourth-order valence-corrected chi connectivity index (χ4v) is 3.82. The van der Waals surface area contributed by atoms with Gasteiger partial charge in [0.2, 0.25) is 0 Å². The van der Waals surface area contributed by atoms with Crippen molar-refractivity contribution in [3.8, 4) is 5.82 Å². The van der Waals surface area contributed by atoms with Gasteiger partial charge in [0.25, 0.3) is 5.91 Å². The number of hydrogen-bond donors (Lipinski definition) is 1. The lowest BCUT2D eigenvalue weighted by molar-refractivity contribution is -0.137. The summed E-state index contributed by atoms with van der Waals surface area (Å²) in [4.78, 5) is 25.7. The first-order valence-electron chi connectivity index (χ1n) is 11.0. The molecule has 180 valence electrons. The maximum absolute atomic E-state index is 12.8. The second-order valence-electron chi connectivity index (χ2n) is 8.09. The molecule has 0 aromatic carbocycles. The first-order chi connectivity index (χ1) is 16.3. The van der Waals surface area contributed by atoms with Crippen molar-refractivity contribution in [3.63, 3.8) is 0 Å². The number of hydrogen-bond acceptors (Lipinski definition) is 6. The van der Waals surface area contributed by atoms with Gasteiger partial charge in [-0.25, -0.2) is 14.6 Å². The van der Waals surface area contributed by atoms with E-state index < -0.39 is 11.7 Å². The summed E-state index contributed by atoms with van der Waals surface area (Å²) in [6.07, 6.45) is -0.588. The molecular formula is C23H26F3N7O. The summed E-state index contributed by atoms with van der Waals surface area (Å²) in [5.41, 5.74) is 0.810. The number of aromatic nitrogens is 4. The molecule has 0 spiro atoms. The smallest absolute Gasteiger partial charge is 0.354 e. The molecule has 1 aliphatic heterocycles. The lowest BCUT2D eigenvalue weighted by atomic mass is 10.2. The van der Waals surface area contributed by atoms with Crippen LogP contribution in [0.4, 0.5) is 19.0 Å². The minimum atomic E-state index is -4.47. The lowest BCUT2D eigenvalue weighted by Crippen LogP contribution is -2.46. The largest absolute Gasteiger partial charge is 0.417 e. The summed E-state index contributed by atoms with van der Waals surface area (Å²) in [6.45, 7) is 9.08. The number of halogens is 3. The highest BCUT2D eigenvalue weighted by Gasteiger charge is 2.31. The Balaban J connectivity index is 1.36. The predicted octanol–water partition coefficient (Wildman–Crippen LogP) is 3.06. The molecule has 3 aromatic heterocycles. The molecule has 0 saturated carbocycles. The minimum Gasteiger partial charge on any atom is -0.354 e. The topological polar surface area (TPSA) is 79.2 Å². The highest BCUT2D eigenvalue weighted by molar-refractivity contribution is 5.95. The number of carbonyl (C=O) groups excluding carboxylic acids is 1. The third kappa shape index (κ3) is 5.19. The van der Waals surface area contributed by atoms with E-state index in [2.05, 4.69) is 37.1 Å². The molecular weight excluding hydrogens is 447 g/mol. The van der Waals surface area contributed by atoms with Crippen LogP contribution in [0.2, 0.25) is 0 Å². The number of pyridine rings is 2. The molecule has 0 unspecified atom stereocenters. The first-order valence-corrected chi connectivity index (χ1v) is 11.0. The number of nitrogens with zero attached hydrogens (tertiary/aromatic N) is 6. The Kier molecular flexibility index (Phi) is 6.82. The van der Waals surface area contributed by atoms with Crippen molar-refractivity contribution >= 4 is 11.7 Å². The average Bonchev–Trinajstić information content (AvgIpc) is 3.24. The SMILES string of the molecule is CCN1CCN(c2ccc(CNC(=O)c3cnn(-c4ccc(C(F)(F)F)cn4)c3C)cn2)CC1. The second kappa shape index (κ2) is 9.80. The van der Waals surface area contributed by atoms with Gasteiger partial charge in [-0.05, 0) is 37.2 Å². The molecule has 0 radical (unpaired) electrons. The summed E-state index contributed by atoms with van der Waals surface area (Å²) < 4.78 is 39.6. The molecule has 34 heavy (non-hydrogen) atoms. The van der Waals surface area contributed by atoms with Crippen molar-refractivity contribution in [1.82, 2.24) is 30.0 Å². The second-order valence-corrected chi connectivity index (χ2v) is 8.09. The lowest BCUT2D eigenvalue weighted by Gasteiger charge is -2.34. The quantitative estimate of drug-likeness (QED) is 0.593. The van der Waals surface area contributed by atoms with Gasteiger partial charge in [-0.1, -0.05) is 13.0 Å². The number of rotatable bonds is 6. The van der Waals surface area contributed by atoms with Crippen molar-refractivity contribution in [3.05, 3.63) is 65.2 Å². The third-order valence-corrected chi connectivity index (χ3v) is 5.95. The van der Waals surface area contributed by atoms with E-state index >= 15 is 0 Å². The number of anilines is 1. The van der Waals surface area contributed by atoms with Gasteiger partial charge >= 0.3 is 6.18 Å². The fraction of sp³-hybridized carbons (Fsp3) is 0.391. The Morgan fingerprint density at radius 3 is 2.29 bits per heavy atom. The van der Waals surface area contributed by atoms with Crippen molar-refractivity contribution in [2.75, 3.05) is 37.6 Å². The van der Waals surface area contributed by atoms with E-state index in [0.717, 1.165) is 56.4 Å². The van der Waals surface area contributed by atoms with Crippen LogP contribution < -0.4 is 10.2 Å². The minimum absolute atomic E-state index is 0.198. The molecule has 1 amide bonds. The molecule has 11 heteroatoms. The number of likely N-dealkylation sites (N-methyl/N-ethyl adjacent to an activating group) is 1. The van der Waals surface area contributed by atoms with E-state index in [4.69, 9.17) is 0 Å². The molecule has 0 bridgehead atoms. The molecule has 1 saturated heterocycles. The molecule has 0 aliphatic carbocycles. The zero-order valence-electron chi connectivity index (χ0n) is 19.0. The standard InChI is InChI=1S/C23H26F3N7O/c1-3-31-8-10-32(11-9-31)20-6-4-17(12-27-20)13-29-22(34)19-15-30-33(16(19)2)21-7-5-18(14-28-21)23(24,25)26/h4-7,12,14-15H,3,8-11,13H2,1-2H3,(H,29,34). The Morgan fingerprint density at radius 1 is 1.00 bits per heavy atom. The Bertz CT molecular complexity index is 1120. The maximum Gasteiger partial charge on any atom is 0.417 e. The summed E-state index contributed by atoms with van der Waals surface area (Å²) in [6, 6.07) is 6.06. The number of carbonyl (C=O) groups is 1. The summed E-state index contributed by atoms with van der Waals surface area (Å²) in [7, 11) is 0. The molecule has 4 rings (SSSR count). The van der Waals surface area contributed by atoms with Crippen molar-refractivity contribution < 1.29 is 18.0 Å². The van der Waals surface area contributed by atoms with Crippen molar-refractivity contribution in [1.29, 1.82) is 0 Å². The molecule has 4 heterocycles. The number of nitrogens with one attached hydrogen (secondary N) is 1. The summed E-state index contributed by atoms with van der Waals surface area (Å²) in [5, 5.41) is 6.96. The van der Waals surface area contributed by atoms with Crippen LogP contribution in [0.15, 0.2) is 42.9 Å². The van der Waals surface area contributed by atoms with Crippen LogP contribution in [0, 0.1) is 6.92 Å². The van der Waals surface area contributed by atoms with Gasteiger partial charge in [0.05, 0.1) is 23.0 Å². The van der Waals surface area contributed by atoms with Crippen LogP contribution in [0.3, 0.4) is 0 Å². The molecule has 0 atom stereocenters. The molecule has 1 fully saturated rings. The van der Waals surface area contributed by atoms with E-state index in [0.29, 0.717) is 17.8 Å². The van der Waals surface area contributed by atoms with Crippen LogP contribution in [0.25, 0.3) is 5.82 Å². The van der Waals surface area contributed by atoms with Crippen LogP contribution in [0.5, 0.6) is 0 Å². The Morgan fingerprint density at radius 2 is 1.71 bits per heavy atom. The van der Waals surface area contributed by atoms with Gasteiger partial charge < -0.3 is 15.1 Å². The van der Waals surface area contributed by atoms with Crippen molar-refractivity contribution in [2.24, 2.45) is 0 Å². The van der Waals surface area contributed by atoms with Crippen LogP contribution in [-0.4, -0.2) is 63.3 Å². The monoisotopic (exact) mass is 473 g/mol. The van der Waals surface area contributed by atoms with Gasteiger partial charge in [-0.3, -0.25) is 4.79 Å². The molecule has 8 nitrogen and oxygen atoms in total. The maximum atomic E-state index is 12.8. The van der Waals surface area contributed by atoms with E-state index in [1.165, 1.54) is 16.9 Å². The van der Waals surface area contributed by atoms with Gasteiger partial charge in [-0.2, -0.15) is 18.3 Å². The first kappa shape index (κ1) is 23.7. The Hall–Kier alpha value is -3.47. The predicted molar refractivity (Wildman–Crippen MR) is 121 cm³/mol. The highest BCUT2D eigenvalue weighted by Crippen LogP contribution is 2.28. The zero-order valence-corrected chi connectivity index (χ0v) is 19.0. The van der Waals surface area contributed by atoms with Crippen LogP contribution in [0.1, 0.15) is 34.1 Å². The van der Waals surface area contributed by atoms with E-state index in [1.54, 1.807) is 13.1 Å². The number of alkyl halides is 3. The van der Waals surface area contributed by atoms with E-state index in [9.17, 15) is 18.0 Å². The van der Waals surface area contributed by atoms with Crippen LogP contribution >= 0.6 is 0 Å². The molecule has 3 aromatic rings. The van der Waals surface area contributed by atoms with Gasteiger partial charge in [-0.15, -0.1) is 0 Å².